The first-order chi connectivity index (χ1) is 11.6. The smallest absolute Gasteiger partial charge is 0.223 e. The lowest BCUT2D eigenvalue weighted by Gasteiger charge is -2.38. The topological polar surface area (TPSA) is 53.3 Å². The molecule has 0 aliphatic carbocycles. The van der Waals surface area contributed by atoms with Crippen molar-refractivity contribution >= 4 is 14.2 Å². The minimum Gasteiger partial charge on any atom is -0.415 e. The quantitative estimate of drug-likeness (QED) is 0.714. The first kappa shape index (κ1) is 19.7. The second-order valence-corrected chi connectivity index (χ2v) is 13.2. The fraction of sp³-hybridized carbons (Fsp3) is 0.600. The van der Waals surface area contributed by atoms with Gasteiger partial charge in [-0.3, -0.25) is 4.79 Å². The third-order valence-corrected chi connectivity index (χ3v) is 10.0. The highest BCUT2D eigenvalue weighted by molar-refractivity contribution is 6.74. The Morgan fingerprint density at radius 2 is 2.00 bits per heavy atom. The van der Waals surface area contributed by atoms with Crippen molar-refractivity contribution in [2.45, 2.75) is 70.8 Å². The first-order valence-electron chi connectivity index (χ1n) is 9.02. The van der Waals surface area contributed by atoms with Crippen molar-refractivity contribution in [1.82, 2.24) is 4.90 Å². The maximum absolute atomic E-state index is 12.4. The van der Waals surface area contributed by atoms with Crippen molar-refractivity contribution in [3.05, 3.63) is 35.4 Å². The average molecular weight is 359 g/mol. The van der Waals surface area contributed by atoms with Crippen LogP contribution in [0.4, 0.5) is 0 Å². The van der Waals surface area contributed by atoms with Crippen LogP contribution < -0.4 is 0 Å². The summed E-state index contributed by atoms with van der Waals surface area (Å²) in [6, 6.07) is 10.3. The van der Waals surface area contributed by atoms with Crippen LogP contribution in [-0.2, 0) is 22.2 Å². The van der Waals surface area contributed by atoms with Crippen molar-refractivity contribution in [3.8, 4) is 6.07 Å². The molecule has 1 fully saturated rings. The summed E-state index contributed by atoms with van der Waals surface area (Å²) >= 11 is 0. The molecule has 1 aliphatic rings. The van der Waals surface area contributed by atoms with Crippen LogP contribution in [-0.4, -0.2) is 31.8 Å². The molecule has 1 aromatic carbocycles. The van der Waals surface area contributed by atoms with Crippen LogP contribution in [0.2, 0.25) is 18.1 Å². The van der Waals surface area contributed by atoms with Gasteiger partial charge in [-0.05, 0) is 35.7 Å². The standard InChI is InChI=1S/C20H30N2O2Si/c1-20(2,3)25(4,5)24-15-18-9-10-19(23)22(18)14-17-8-6-7-16(13-17)11-12-21/h6-8,13,18H,9-11,14-15H2,1-5H3/t18-/m1/s1. The van der Waals surface area contributed by atoms with Crippen molar-refractivity contribution in [3.63, 3.8) is 0 Å². The lowest BCUT2D eigenvalue weighted by Crippen LogP contribution is -2.45. The number of carbonyl (C=O) groups excluding carboxylic acids is 1. The summed E-state index contributed by atoms with van der Waals surface area (Å²) in [5.41, 5.74) is 2.08. The maximum atomic E-state index is 12.4. The Morgan fingerprint density at radius 3 is 2.64 bits per heavy atom. The van der Waals surface area contributed by atoms with E-state index in [1.54, 1.807) is 0 Å². The molecule has 0 spiro atoms. The van der Waals surface area contributed by atoms with E-state index in [0.717, 1.165) is 17.5 Å². The zero-order valence-electron chi connectivity index (χ0n) is 16.1. The third kappa shape index (κ3) is 4.93. The zero-order valence-corrected chi connectivity index (χ0v) is 17.1. The number of likely N-dealkylation sites (tertiary alicyclic amines) is 1. The van der Waals surface area contributed by atoms with Gasteiger partial charge < -0.3 is 9.33 Å². The fourth-order valence-electron chi connectivity index (χ4n) is 2.83. The Bertz CT molecular complexity index is 658. The second kappa shape index (κ2) is 7.71. The molecule has 0 unspecified atom stereocenters. The van der Waals surface area contributed by atoms with E-state index in [2.05, 4.69) is 39.9 Å². The summed E-state index contributed by atoms with van der Waals surface area (Å²) < 4.78 is 6.36. The van der Waals surface area contributed by atoms with E-state index < -0.39 is 8.32 Å². The predicted octanol–water partition coefficient (Wildman–Crippen LogP) is 4.27. The van der Waals surface area contributed by atoms with Gasteiger partial charge >= 0.3 is 0 Å². The first-order valence-corrected chi connectivity index (χ1v) is 11.9. The molecular formula is C20H30N2O2Si. The van der Waals surface area contributed by atoms with Gasteiger partial charge in [0.15, 0.2) is 8.32 Å². The van der Waals surface area contributed by atoms with E-state index >= 15 is 0 Å². The Labute approximate surface area is 152 Å². The van der Waals surface area contributed by atoms with Gasteiger partial charge in [0, 0.05) is 13.0 Å². The number of nitriles is 1. The monoisotopic (exact) mass is 358 g/mol. The summed E-state index contributed by atoms with van der Waals surface area (Å²) in [6.07, 6.45) is 1.87. The molecule has 1 saturated heterocycles. The van der Waals surface area contributed by atoms with Crippen LogP contribution in [0.3, 0.4) is 0 Å². The molecule has 136 valence electrons. The molecule has 1 aliphatic heterocycles. The predicted molar refractivity (Wildman–Crippen MR) is 102 cm³/mol. The molecule has 0 saturated carbocycles. The molecule has 5 heteroatoms. The Balaban J connectivity index is 2.05. The van der Waals surface area contributed by atoms with Gasteiger partial charge in [0.2, 0.25) is 5.91 Å². The number of nitrogens with zero attached hydrogens (tertiary/aromatic N) is 2. The SMILES string of the molecule is CC(C)(C)[Si](C)(C)OC[C@H]1CCC(=O)N1Cc1cccc(CC#N)c1. The van der Waals surface area contributed by atoms with Gasteiger partial charge in [-0.1, -0.05) is 45.0 Å². The van der Waals surface area contributed by atoms with Crippen LogP contribution >= 0.6 is 0 Å². The van der Waals surface area contributed by atoms with Gasteiger partial charge in [-0.2, -0.15) is 5.26 Å². The van der Waals surface area contributed by atoms with Gasteiger partial charge in [0.1, 0.15) is 0 Å². The average Bonchev–Trinajstić information content (AvgIpc) is 2.86. The summed E-state index contributed by atoms with van der Waals surface area (Å²) in [5, 5.41) is 9.04. The highest BCUT2D eigenvalue weighted by Crippen LogP contribution is 2.37. The molecule has 1 amide bonds. The highest BCUT2D eigenvalue weighted by Gasteiger charge is 2.39. The molecule has 0 bridgehead atoms. The van der Waals surface area contributed by atoms with E-state index in [4.69, 9.17) is 9.69 Å². The van der Waals surface area contributed by atoms with Crippen LogP contribution in [0.1, 0.15) is 44.7 Å². The Kier molecular flexibility index (Phi) is 6.07. The molecule has 0 aromatic heterocycles. The molecule has 2 rings (SSSR count). The van der Waals surface area contributed by atoms with Crippen molar-refractivity contribution in [2.75, 3.05) is 6.61 Å². The number of benzene rings is 1. The van der Waals surface area contributed by atoms with E-state index in [-0.39, 0.29) is 17.0 Å². The van der Waals surface area contributed by atoms with E-state index in [1.165, 1.54) is 0 Å². The van der Waals surface area contributed by atoms with Gasteiger partial charge in [-0.15, -0.1) is 0 Å². The lowest BCUT2D eigenvalue weighted by molar-refractivity contribution is -0.130. The van der Waals surface area contributed by atoms with E-state index in [0.29, 0.717) is 26.0 Å². The summed E-state index contributed by atoms with van der Waals surface area (Å²) in [5.74, 6) is 0.203. The van der Waals surface area contributed by atoms with E-state index in [1.807, 2.05) is 29.2 Å². The number of hydrogen-bond donors (Lipinski definition) is 0. The number of hydrogen-bond acceptors (Lipinski definition) is 3. The van der Waals surface area contributed by atoms with Crippen LogP contribution in [0.25, 0.3) is 0 Å². The van der Waals surface area contributed by atoms with Crippen LogP contribution in [0.15, 0.2) is 24.3 Å². The second-order valence-electron chi connectivity index (χ2n) is 8.44. The highest BCUT2D eigenvalue weighted by atomic mass is 28.4. The van der Waals surface area contributed by atoms with Crippen LogP contribution in [0.5, 0.6) is 0 Å². The van der Waals surface area contributed by atoms with Crippen molar-refractivity contribution in [1.29, 1.82) is 5.26 Å². The molecule has 0 N–H and O–H groups in total. The number of rotatable bonds is 6. The minimum absolute atomic E-state index is 0.154. The normalized spacial score (nSPS) is 18.5. The zero-order chi connectivity index (χ0) is 18.7. The summed E-state index contributed by atoms with van der Waals surface area (Å²) in [4.78, 5) is 14.3. The molecule has 1 heterocycles. The largest absolute Gasteiger partial charge is 0.415 e. The van der Waals surface area contributed by atoms with Gasteiger partial charge in [0.05, 0.1) is 25.1 Å². The molecule has 0 radical (unpaired) electrons. The van der Waals surface area contributed by atoms with Crippen molar-refractivity contribution < 1.29 is 9.22 Å². The number of carbonyl (C=O) groups is 1. The lowest BCUT2D eigenvalue weighted by atomic mass is 10.1. The van der Waals surface area contributed by atoms with Crippen LogP contribution in [0, 0.1) is 11.3 Å². The molecule has 25 heavy (non-hydrogen) atoms. The number of amides is 1. The van der Waals surface area contributed by atoms with Gasteiger partial charge in [0.25, 0.3) is 0 Å². The molecular weight excluding hydrogens is 328 g/mol. The summed E-state index contributed by atoms with van der Waals surface area (Å²) in [7, 11) is -1.81. The van der Waals surface area contributed by atoms with E-state index in [9.17, 15) is 4.79 Å². The fourth-order valence-corrected chi connectivity index (χ4v) is 3.87. The minimum atomic E-state index is -1.81. The molecule has 4 nitrogen and oxygen atoms in total. The molecule has 1 atom stereocenters. The maximum Gasteiger partial charge on any atom is 0.223 e. The van der Waals surface area contributed by atoms with Crippen molar-refractivity contribution in [2.24, 2.45) is 0 Å². The Hall–Kier alpha value is -1.64. The molecule has 1 aromatic rings. The van der Waals surface area contributed by atoms with Gasteiger partial charge in [-0.25, -0.2) is 0 Å². The Morgan fingerprint density at radius 1 is 1.32 bits per heavy atom. The summed E-state index contributed by atoms with van der Waals surface area (Å²) in [6.45, 7) is 12.4. The third-order valence-electron chi connectivity index (χ3n) is 5.52.